The molecule has 3 aliphatic heterocycles. The first-order chi connectivity index (χ1) is 16.8. The minimum absolute atomic E-state index is 0.0964. The first-order valence-electron chi connectivity index (χ1n) is 12.4. The maximum absolute atomic E-state index is 13.2. The van der Waals surface area contributed by atoms with Gasteiger partial charge in [0.25, 0.3) is 5.91 Å². The average Bonchev–Trinajstić information content (AvgIpc) is 3.44. The number of nitrogens with one attached hydrogen (secondary N) is 1. The molecule has 2 saturated heterocycles. The SMILES string of the molecule is CC[C@]12CC[C@](C)(CC(Oc3ccc(N4Cc5cnc(-c6cn(C)nc6C)cc5C4=O)nn3)C1)N2. The van der Waals surface area contributed by atoms with Gasteiger partial charge in [-0.15, -0.1) is 10.2 Å². The standard InChI is InChI=1S/C26H31N7O2/c1-5-26-9-8-25(3,31-26)11-18(12-26)35-23-7-6-22(28-29-23)33-14-17-13-27-21(10-19(17)24(33)34)20-15-32(4)30-16(20)2/h6-7,10,13,15,18,31H,5,8-9,11-12,14H2,1-4H3/t18?,25-,26+/m1/s1. The predicted octanol–water partition coefficient (Wildman–Crippen LogP) is 3.57. The van der Waals surface area contributed by atoms with Gasteiger partial charge in [0, 0.05) is 66.1 Å². The van der Waals surface area contributed by atoms with Crippen LogP contribution < -0.4 is 15.0 Å². The van der Waals surface area contributed by atoms with E-state index in [1.165, 1.54) is 12.8 Å². The maximum Gasteiger partial charge on any atom is 0.260 e. The monoisotopic (exact) mass is 473 g/mol. The van der Waals surface area contributed by atoms with Crippen molar-refractivity contribution in [2.24, 2.45) is 7.05 Å². The van der Waals surface area contributed by atoms with Crippen LogP contribution in [0.3, 0.4) is 0 Å². The average molecular weight is 474 g/mol. The topological polar surface area (TPSA) is 98.1 Å². The summed E-state index contributed by atoms with van der Waals surface area (Å²) in [5, 5.41) is 16.9. The number of ether oxygens (including phenoxy) is 1. The molecular formula is C26H31N7O2. The van der Waals surface area contributed by atoms with Crippen molar-refractivity contribution in [2.45, 2.75) is 76.6 Å². The molecule has 3 atom stereocenters. The van der Waals surface area contributed by atoms with E-state index < -0.39 is 0 Å². The van der Waals surface area contributed by atoms with Crippen LogP contribution in [0.2, 0.25) is 0 Å². The van der Waals surface area contributed by atoms with Crippen molar-refractivity contribution in [3.63, 3.8) is 0 Å². The van der Waals surface area contributed by atoms with E-state index in [0.29, 0.717) is 23.8 Å². The van der Waals surface area contributed by atoms with Gasteiger partial charge in [-0.3, -0.25) is 19.4 Å². The van der Waals surface area contributed by atoms with Crippen LogP contribution in [0.5, 0.6) is 5.88 Å². The van der Waals surface area contributed by atoms with Gasteiger partial charge in [-0.1, -0.05) is 6.92 Å². The Hall–Kier alpha value is -3.33. The number of amides is 1. The van der Waals surface area contributed by atoms with Gasteiger partial charge in [-0.2, -0.15) is 5.10 Å². The molecule has 3 aliphatic rings. The molecule has 6 rings (SSSR count). The number of fused-ring (bicyclic) bond motifs is 3. The van der Waals surface area contributed by atoms with Crippen molar-refractivity contribution in [1.29, 1.82) is 0 Å². The predicted molar refractivity (Wildman–Crippen MR) is 131 cm³/mol. The van der Waals surface area contributed by atoms with Crippen LogP contribution in [0, 0.1) is 6.92 Å². The number of nitrogens with zero attached hydrogens (tertiary/aromatic N) is 6. The molecule has 0 spiro atoms. The third-order valence-electron chi connectivity index (χ3n) is 7.97. The molecule has 9 nitrogen and oxygen atoms in total. The molecule has 182 valence electrons. The Morgan fingerprint density at radius 3 is 2.77 bits per heavy atom. The first-order valence-corrected chi connectivity index (χ1v) is 12.4. The van der Waals surface area contributed by atoms with Crippen molar-refractivity contribution in [3.05, 3.63) is 47.4 Å². The lowest BCUT2D eigenvalue weighted by atomic mass is 9.84. The number of piperidine rings is 1. The van der Waals surface area contributed by atoms with E-state index in [9.17, 15) is 4.79 Å². The zero-order valence-electron chi connectivity index (χ0n) is 20.7. The quantitative estimate of drug-likeness (QED) is 0.605. The largest absolute Gasteiger partial charge is 0.473 e. The summed E-state index contributed by atoms with van der Waals surface area (Å²) >= 11 is 0. The van der Waals surface area contributed by atoms with Crippen molar-refractivity contribution in [3.8, 4) is 17.1 Å². The smallest absolute Gasteiger partial charge is 0.260 e. The number of carbonyl (C=O) groups excluding carboxylic acids is 1. The molecule has 0 saturated carbocycles. The molecule has 1 unspecified atom stereocenters. The Bertz CT molecular complexity index is 1300. The van der Waals surface area contributed by atoms with E-state index in [4.69, 9.17) is 4.74 Å². The Balaban J connectivity index is 1.18. The van der Waals surface area contributed by atoms with Gasteiger partial charge in [0.2, 0.25) is 5.88 Å². The van der Waals surface area contributed by atoms with Crippen molar-refractivity contribution in [1.82, 2.24) is 30.3 Å². The molecule has 2 fully saturated rings. The Labute approximate surface area is 204 Å². The summed E-state index contributed by atoms with van der Waals surface area (Å²) in [5.41, 5.74) is 4.36. The molecule has 1 amide bonds. The van der Waals surface area contributed by atoms with Crippen molar-refractivity contribution >= 4 is 11.7 Å². The van der Waals surface area contributed by atoms with E-state index in [1.807, 2.05) is 38.4 Å². The number of pyridine rings is 1. The summed E-state index contributed by atoms with van der Waals surface area (Å²) in [4.78, 5) is 19.4. The summed E-state index contributed by atoms with van der Waals surface area (Å²) in [7, 11) is 1.88. The van der Waals surface area contributed by atoms with Gasteiger partial charge < -0.3 is 10.1 Å². The number of hydrogen-bond donors (Lipinski definition) is 1. The van der Waals surface area contributed by atoms with Crippen molar-refractivity contribution in [2.75, 3.05) is 4.90 Å². The molecule has 0 aromatic carbocycles. The van der Waals surface area contributed by atoms with Gasteiger partial charge in [-0.05, 0) is 45.2 Å². The Morgan fingerprint density at radius 2 is 2.06 bits per heavy atom. The molecule has 3 aromatic rings. The fraction of sp³-hybridized carbons (Fsp3) is 0.500. The van der Waals surface area contributed by atoms with Gasteiger partial charge >= 0.3 is 0 Å². The highest BCUT2D eigenvalue weighted by Gasteiger charge is 2.51. The number of rotatable bonds is 5. The molecule has 0 aliphatic carbocycles. The van der Waals surface area contributed by atoms with E-state index in [-0.39, 0.29) is 23.1 Å². The number of carbonyl (C=O) groups is 1. The highest BCUT2D eigenvalue weighted by atomic mass is 16.5. The third kappa shape index (κ3) is 3.78. The summed E-state index contributed by atoms with van der Waals surface area (Å²) in [6.07, 6.45) is 9.22. The minimum atomic E-state index is -0.0964. The zero-order valence-corrected chi connectivity index (χ0v) is 20.7. The molecule has 1 N–H and O–H groups in total. The van der Waals surface area contributed by atoms with Crippen LogP contribution in [0.4, 0.5) is 5.82 Å². The molecular weight excluding hydrogens is 442 g/mol. The lowest BCUT2D eigenvalue weighted by Crippen LogP contribution is -2.57. The second kappa shape index (κ2) is 7.84. The number of anilines is 1. The summed E-state index contributed by atoms with van der Waals surface area (Å²) < 4.78 is 8.03. The van der Waals surface area contributed by atoms with Gasteiger partial charge in [0.1, 0.15) is 6.10 Å². The summed E-state index contributed by atoms with van der Waals surface area (Å²) in [6, 6.07) is 5.49. The highest BCUT2D eigenvalue weighted by Crippen LogP contribution is 2.44. The fourth-order valence-electron chi connectivity index (χ4n) is 6.16. The summed E-state index contributed by atoms with van der Waals surface area (Å²) in [6.45, 7) is 6.90. The fourth-order valence-corrected chi connectivity index (χ4v) is 6.16. The molecule has 6 heterocycles. The summed E-state index contributed by atoms with van der Waals surface area (Å²) in [5.74, 6) is 0.927. The first kappa shape index (κ1) is 22.2. The zero-order chi connectivity index (χ0) is 24.4. The van der Waals surface area contributed by atoms with Crippen LogP contribution in [-0.2, 0) is 13.6 Å². The number of aromatic nitrogens is 5. The van der Waals surface area contributed by atoms with E-state index >= 15 is 0 Å². The van der Waals surface area contributed by atoms with Crippen molar-refractivity contribution < 1.29 is 9.53 Å². The van der Waals surface area contributed by atoms with Gasteiger partial charge in [0.15, 0.2) is 5.82 Å². The molecule has 35 heavy (non-hydrogen) atoms. The van der Waals surface area contributed by atoms with Crippen LogP contribution in [0.25, 0.3) is 11.3 Å². The van der Waals surface area contributed by atoms with E-state index in [1.54, 1.807) is 15.8 Å². The van der Waals surface area contributed by atoms with E-state index in [0.717, 1.165) is 41.8 Å². The van der Waals surface area contributed by atoms with E-state index in [2.05, 4.69) is 39.4 Å². The third-order valence-corrected chi connectivity index (χ3v) is 7.97. The molecule has 0 radical (unpaired) electrons. The minimum Gasteiger partial charge on any atom is -0.473 e. The van der Waals surface area contributed by atoms with Gasteiger partial charge in [0.05, 0.1) is 17.9 Å². The second-order valence-electron chi connectivity index (χ2n) is 10.6. The normalized spacial score (nSPS) is 27.4. The molecule has 3 aromatic heterocycles. The lowest BCUT2D eigenvalue weighted by molar-refractivity contribution is 0.0673. The van der Waals surface area contributed by atoms with Crippen LogP contribution in [0.15, 0.2) is 30.6 Å². The molecule has 2 bridgehead atoms. The number of hydrogen-bond acceptors (Lipinski definition) is 7. The van der Waals surface area contributed by atoms with Crippen LogP contribution >= 0.6 is 0 Å². The Kier molecular flexibility index (Phi) is 4.96. The Morgan fingerprint density at radius 1 is 1.20 bits per heavy atom. The number of aryl methyl sites for hydroxylation is 2. The maximum atomic E-state index is 13.2. The van der Waals surface area contributed by atoms with Crippen LogP contribution in [0.1, 0.15) is 67.6 Å². The second-order valence-corrected chi connectivity index (χ2v) is 10.6. The highest BCUT2D eigenvalue weighted by molar-refractivity contribution is 6.09. The lowest BCUT2D eigenvalue weighted by Gasteiger charge is -2.43. The van der Waals surface area contributed by atoms with Gasteiger partial charge in [-0.25, -0.2) is 0 Å². The molecule has 9 heteroatoms. The van der Waals surface area contributed by atoms with Crippen LogP contribution in [-0.4, -0.2) is 48.1 Å².